The Bertz CT molecular complexity index is 570. The van der Waals surface area contributed by atoms with Crippen molar-refractivity contribution in [1.82, 2.24) is 0 Å². The number of anilines is 1. The number of ether oxygens (including phenoxy) is 2. The highest BCUT2D eigenvalue weighted by Crippen LogP contribution is 2.29. The van der Waals surface area contributed by atoms with Crippen LogP contribution < -0.4 is 10.1 Å². The monoisotopic (exact) mass is 307 g/mol. The molecule has 1 aliphatic rings. The SMILES string of the molecule is COc1cc(NC(=O)[C@@H]2OCC[C@@H]2C(C)C)ccc1C(=O)O. The topological polar surface area (TPSA) is 84.9 Å². The number of carboxylic acid groups (broad SMARTS) is 1. The average molecular weight is 307 g/mol. The largest absolute Gasteiger partial charge is 0.496 e. The molecule has 1 saturated heterocycles. The standard InChI is InChI=1S/C16H21NO5/c1-9(2)11-6-7-22-14(11)15(18)17-10-4-5-12(16(19)20)13(8-10)21-3/h4-5,8-9,11,14H,6-7H2,1-3H3,(H,17,18)(H,19,20)/t11-,14-/m1/s1. The molecule has 1 amide bonds. The van der Waals surface area contributed by atoms with Crippen molar-refractivity contribution >= 4 is 17.6 Å². The molecule has 120 valence electrons. The number of carboxylic acids is 1. The molecule has 0 bridgehead atoms. The molecular formula is C16H21NO5. The maximum absolute atomic E-state index is 12.4. The Morgan fingerprint density at radius 2 is 2.14 bits per heavy atom. The normalized spacial score (nSPS) is 20.9. The van der Waals surface area contributed by atoms with Crippen LogP contribution in [0.4, 0.5) is 5.69 Å². The Balaban J connectivity index is 2.13. The zero-order valence-electron chi connectivity index (χ0n) is 13.0. The van der Waals surface area contributed by atoms with Crippen molar-refractivity contribution < 1.29 is 24.2 Å². The third-order valence-electron chi connectivity index (χ3n) is 3.95. The van der Waals surface area contributed by atoms with Crippen LogP contribution in [0.5, 0.6) is 5.75 Å². The fourth-order valence-corrected chi connectivity index (χ4v) is 2.72. The van der Waals surface area contributed by atoms with E-state index in [4.69, 9.17) is 14.6 Å². The zero-order valence-corrected chi connectivity index (χ0v) is 13.0. The van der Waals surface area contributed by atoms with Gasteiger partial charge < -0.3 is 19.9 Å². The van der Waals surface area contributed by atoms with Crippen molar-refractivity contribution in [3.8, 4) is 5.75 Å². The van der Waals surface area contributed by atoms with Crippen molar-refractivity contribution in [3.63, 3.8) is 0 Å². The molecule has 0 radical (unpaired) electrons. The van der Waals surface area contributed by atoms with E-state index in [0.29, 0.717) is 18.2 Å². The predicted octanol–water partition coefficient (Wildman–Crippen LogP) is 2.39. The molecule has 1 heterocycles. The highest BCUT2D eigenvalue weighted by molar-refractivity contribution is 5.96. The van der Waals surface area contributed by atoms with Crippen molar-refractivity contribution in [1.29, 1.82) is 0 Å². The van der Waals surface area contributed by atoms with Gasteiger partial charge in [0, 0.05) is 18.4 Å². The highest BCUT2D eigenvalue weighted by atomic mass is 16.5. The summed E-state index contributed by atoms with van der Waals surface area (Å²) in [7, 11) is 1.39. The van der Waals surface area contributed by atoms with Crippen LogP contribution in [0.25, 0.3) is 0 Å². The highest BCUT2D eigenvalue weighted by Gasteiger charge is 2.36. The number of nitrogens with one attached hydrogen (secondary N) is 1. The maximum atomic E-state index is 12.4. The summed E-state index contributed by atoms with van der Waals surface area (Å²) in [5.74, 6) is -0.518. The van der Waals surface area contributed by atoms with Crippen LogP contribution in [-0.2, 0) is 9.53 Å². The van der Waals surface area contributed by atoms with E-state index in [1.807, 2.05) is 0 Å². The van der Waals surface area contributed by atoms with Gasteiger partial charge in [0.25, 0.3) is 5.91 Å². The van der Waals surface area contributed by atoms with Crippen molar-refractivity contribution in [2.24, 2.45) is 11.8 Å². The summed E-state index contributed by atoms with van der Waals surface area (Å²) in [6, 6.07) is 4.45. The lowest BCUT2D eigenvalue weighted by atomic mass is 9.89. The minimum atomic E-state index is -1.08. The minimum absolute atomic E-state index is 0.0534. The van der Waals surface area contributed by atoms with E-state index >= 15 is 0 Å². The summed E-state index contributed by atoms with van der Waals surface area (Å²) in [6.45, 7) is 4.73. The molecule has 2 N–H and O–H groups in total. The number of benzene rings is 1. The van der Waals surface area contributed by atoms with Gasteiger partial charge in [-0.3, -0.25) is 4.79 Å². The first kappa shape index (κ1) is 16.3. The first-order valence-electron chi connectivity index (χ1n) is 7.27. The number of hydrogen-bond donors (Lipinski definition) is 2. The Morgan fingerprint density at radius 1 is 1.41 bits per heavy atom. The molecule has 0 saturated carbocycles. The lowest BCUT2D eigenvalue weighted by molar-refractivity contribution is -0.127. The summed E-state index contributed by atoms with van der Waals surface area (Å²) in [5, 5.41) is 11.8. The van der Waals surface area contributed by atoms with Gasteiger partial charge in [-0.05, 0) is 30.4 Å². The van der Waals surface area contributed by atoms with Gasteiger partial charge >= 0.3 is 5.97 Å². The van der Waals surface area contributed by atoms with Crippen LogP contribution in [0, 0.1) is 11.8 Å². The Hall–Kier alpha value is -2.08. The van der Waals surface area contributed by atoms with E-state index in [2.05, 4.69) is 19.2 Å². The molecule has 1 aromatic carbocycles. The van der Waals surface area contributed by atoms with E-state index in [1.165, 1.54) is 19.2 Å². The van der Waals surface area contributed by atoms with Crippen molar-refractivity contribution in [2.45, 2.75) is 26.4 Å². The van der Waals surface area contributed by atoms with Crippen LogP contribution in [0.1, 0.15) is 30.6 Å². The number of aromatic carboxylic acids is 1. The average Bonchev–Trinajstić information content (AvgIpc) is 2.96. The Kier molecular flexibility index (Phi) is 5.03. The number of carbonyl (C=O) groups excluding carboxylic acids is 1. The lowest BCUT2D eigenvalue weighted by Crippen LogP contribution is -2.34. The summed E-state index contributed by atoms with van der Waals surface area (Å²) in [5.41, 5.74) is 0.544. The second-order valence-electron chi connectivity index (χ2n) is 5.70. The Morgan fingerprint density at radius 3 is 2.73 bits per heavy atom. The molecule has 1 fully saturated rings. The van der Waals surface area contributed by atoms with Gasteiger partial charge in [-0.25, -0.2) is 4.79 Å². The molecule has 6 nitrogen and oxygen atoms in total. The number of amides is 1. The van der Waals surface area contributed by atoms with Crippen LogP contribution in [0.15, 0.2) is 18.2 Å². The molecule has 0 spiro atoms. The quantitative estimate of drug-likeness (QED) is 0.872. The van der Waals surface area contributed by atoms with Gasteiger partial charge in [-0.15, -0.1) is 0 Å². The van der Waals surface area contributed by atoms with E-state index < -0.39 is 12.1 Å². The molecule has 0 aliphatic carbocycles. The smallest absolute Gasteiger partial charge is 0.339 e. The van der Waals surface area contributed by atoms with Gasteiger partial charge in [0.05, 0.1) is 7.11 Å². The molecule has 0 aromatic heterocycles. The molecule has 22 heavy (non-hydrogen) atoms. The third kappa shape index (κ3) is 3.39. The molecular weight excluding hydrogens is 286 g/mol. The lowest BCUT2D eigenvalue weighted by Gasteiger charge is -2.21. The van der Waals surface area contributed by atoms with Crippen LogP contribution in [-0.4, -0.2) is 36.8 Å². The zero-order chi connectivity index (χ0) is 16.3. The molecule has 6 heteroatoms. The van der Waals surface area contributed by atoms with E-state index in [1.54, 1.807) is 6.07 Å². The van der Waals surface area contributed by atoms with Crippen LogP contribution in [0.3, 0.4) is 0 Å². The molecule has 1 aliphatic heterocycles. The molecule has 2 atom stereocenters. The summed E-state index contributed by atoms with van der Waals surface area (Å²) < 4.78 is 10.6. The van der Waals surface area contributed by atoms with E-state index in [0.717, 1.165) is 6.42 Å². The van der Waals surface area contributed by atoms with Crippen molar-refractivity contribution in [2.75, 3.05) is 19.0 Å². The fourth-order valence-electron chi connectivity index (χ4n) is 2.72. The van der Waals surface area contributed by atoms with Gasteiger partial charge in [0.2, 0.25) is 0 Å². The van der Waals surface area contributed by atoms with Crippen LogP contribution in [0.2, 0.25) is 0 Å². The predicted molar refractivity (Wildman–Crippen MR) is 81.3 cm³/mol. The van der Waals surface area contributed by atoms with E-state index in [9.17, 15) is 9.59 Å². The first-order chi connectivity index (χ1) is 10.4. The minimum Gasteiger partial charge on any atom is -0.496 e. The number of carbonyl (C=O) groups is 2. The molecule has 0 unspecified atom stereocenters. The van der Waals surface area contributed by atoms with Crippen LogP contribution >= 0.6 is 0 Å². The second-order valence-corrected chi connectivity index (χ2v) is 5.70. The number of methoxy groups -OCH3 is 1. The third-order valence-corrected chi connectivity index (χ3v) is 3.95. The summed E-state index contributed by atoms with van der Waals surface area (Å²) in [6.07, 6.45) is 0.405. The summed E-state index contributed by atoms with van der Waals surface area (Å²) >= 11 is 0. The fraction of sp³-hybridized carbons (Fsp3) is 0.500. The Labute approximate surface area is 129 Å². The first-order valence-corrected chi connectivity index (χ1v) is 7.27. The van der Waals surface area contributed by atoms with Gasteiger partial charge in [0.1, 0.15) is 17.4 Å². The molecule has 2 rings (SSSR count). The second kappa shape index (κ2) is 6.79. The van der Waals surface area contributed by atoms with Crippen molar-refractivity contribution in [3.05, 3.63) is 23.8 Å². The van der Waals surface area contributed by atoms with Gasteiger partial charge in [0.15, 0.2) is 0 Å². The summed E-state index contributed by atoms with van der Waals surface area (Å²) in [4.78, 5) is 23.4. The number of hydrogen-bond acceptors (Lipinski definition) is 4. The number of rotatable bonds is 5. The van der Waals surface area contributed by atoms with E-state index in [-0.39, 0.29) is 23.1 Å². The maximum Gasteiger partial charge on any atom is 0.339 e. The van der Waals surface area contributed by atoms with Gasteiger partial charge in [-0.2, -0.15) is 0 Å². The van der Waals surface area contributed by atoms with Gasteiger partial charge in [-0.1, -0.05) is 13.8 Å². The molecule has 1 aromatic rings.